The van der Waals surface area contributed by atoms with E-state index in [2.05, 4.69) is 15.1 Å². The van der Waals surface area contributed by atoms with Crippen molar-refractivity contribution in [3.05, 3.63) is 63.3 Å². The molecule has 1 aromatic heterocycles. The first-order chi connectivity index (χ1) is 10.2. The molecule has 21 heavy (non-hydrogen) atoms. The highest BCUT2D eigenvalue weighted by molar-refractivity contribution is 5.91. The smallest absolute Gasteiger partial charge is 0.327 e. The Morgan fingerprint density at radius 3 is 2.71 bits per heavy atom. The molecule has 0 amide bonds. The zero-order chi connectivity index (χ0) is 14.8. The maximum Gasteiger partial charge on any atom is 0.327 e. The van der Waals surface area contributed by atoms with Gasteiger partial charge in [-0.25, -0.2) is 0 Å². The minimum atomic E-state index is -0.605. The van der Waals surface area contributed by atoms with E-state index in [1.165, 1.54) is 12.1 Å². The highest BCUT2D eigenvalue weighted by Crippen LogP contribution is 2.28. The van der Waals surface area contributed by atoms with E-state index >= 15 is 0 Å². The van der Waals surface area contributed by atoms with E-state index < -0.39 is 4.92 Å². The predicted molar refractivity (Wildman–Crippen MR) is 73.4 cm³/mol. The van der Waals surface area contributed by atoms with E-state index in [1.54, 1.807) is 0 Å². The Morgan fingerprint density at radius 1 is 1.24 bits per heavy atom. The molecule has 0 saturated heterocycles. The van der Waals surface area contributed by atoms with Crippen LogP contribution in [0.3, 0.4) is 0 Å². The number of hydrogen-bond acceptors (Lipinski definition) is 6. The van der Waals surface area contributed by atoms with Crippen molar-refractivity contribution >= 4 is 22.4 Å². The molecule has 0 radical (unpaired) electrons. The number of benzene rings is 2. The molecule has 8 heteroatoms. The summed E-state index contributed by atoms with van der Waals surface area (Å²) in [5, 5.41) is 29.0. The Morgan fingerprint density at radius 2 is 2.00 bits per heavy atom. The lowest BCUT2D eigenvalue weighted by Gasteiger charge is -2.06. The lowest BCUT2D eigenvalue weighted by molar-refractivity contribution is -0.781. The molecule has 0 spiro atoms. The van der Waals surface area contributed by atoms with Gasteiger partial charge in [-0.15, -0.1) is 0 Å². The van der Waals surface area contributed by atoms with Gasteiger partial charge in [-0.2, -0.15) is 0 Å². The number of anilines is 1. The lowest BCUT2D eigenvalue weighted by atomic mass is 10.2. The van der Waals surface area contributed by atoms with Gasteiger partial charge in [0, 0.05) is 12.6 Å². The third-order valence-corrected chi connectivity index (χ3v) is 3.04. The average Bonchev–Trinajstić information content (AvgIpc) is 2.88. The summed E-state index contributed by atoms with van der Waals surface area (Å²) < 4.78 is 4.47. The monoisotopic (exact) mass is 286 g/mol. The number of rotatable bonds is 4. The number of hydrogen-bond donors (Lipinski definition) is 1. The van der Waals surface area contributed by atoms with Crippen LogP contribution in [0.2, 0.25) is 0 Å². The van der Waals surface area contributed by atoms with Gasteiger partial charge in [0.25, 0.3) is 5.52 Å². The topological polar surface area (TPSA) is 108 Å². The lowest BCUT2D eigenvalue weighted by Crippen LogP contribution is -2.23. The maximum atomic E-state index is 11.6. The minimum absolute atomic E-state index is 0.0140. The van der Waals surface area contributed by atoms with Gasteiger partial charge in [-0.3, -0.25) is 14.7 Å². The van der Waals surface area contributed by atoms with Crippen LogP contribution in [-0.4, -0.2) is 10.1 Å². The molecule has 0 aliphatic heterocycles. The molecule has 0 fully saturated rings. The van der Waals surface area contributed by atoms with Crippen LogP contribution in [0.25, 0.3) is 11.0 Å². The number of nitrogens with zero attached hydrogens (tertiary/aromatic N) is 3. The zero-order valence-electron chi connectivity index (χ0n) is 10.7. The molecular weight excluding hydrogens is 276 g/mol. The molecule has 3 rings (SSSR count). The van der Waals surface area contributed by atoms with Crippen molar-refractivity contribution in [2.45, 2.75) is 6.54 Å². The van der Waals surface area contributed by atoms with Crippen molar-refractivity contribution in [1.29, 1.82) is 0 Å². The number of nitro benzene ring substituents is 1. The van der Waals surface area contributed by atoms with Gasteiger partial charge in [0.05, 0.1) is 15.8 Å². The SMILES string of the molecule is O=[N+]([O-])c1ccc(NCc2ccccc2)c2c1no[n+]2[O-]. The molecular formula is C13H10N4O4. The Hall–Kier alpha value is -3.16. The maximum absolute atomic E-state index is 11.6. The fraction of sp³-hybridized carbons (Fsp3) is 0.0769. The van der Waals surface area contributed by atoms with Crippen molar-refractivity contribution in [3.8, 4) is 0 Å². The number of nitro groups is 1. The van der Waals surface area contributed by atoms with E-state index in [9.17, 15) is 15.3 Å². The van der Waals surface area contributed by atoms with Gasteiger partial charge in [0.15, 0.2) is 0 Å². The van der Waals surface area contributed by atoms with Crippen LogP contribution < -0.4 is 10.2 Å². The average molecular weight is 286 g/mol. The molecule has 3 aromatic rings. The summed E-state index contributed by atoms with van der Waals surface area (Å²) in [6.07, 6.45) is 0. The van der Waals surface area contributed by atoms with Crippen LogP contribution in [0.5, 0.6) is 0 Å². The first kappa shape index (κ1) is 12.9. The van der Waals surface area contributed by atoms with Gasteiger partial charge < -0.3 is 10.5 Å². The largest absolute Gasteiger partial charge is 0.377 e. The highest BCUT2D eigenvalue weighted by Gasteiger charge is 2.25. The Balaban J connectivity index is 1.98. The Kier molecular flexibility index (Phi) is 3.11. The summed E-state index contributed by atoms with van der Waals surface area (Å²) in [6, 6.07) is 12.3. The zero-order valence-corrected chi connectivity index (χ0v) is 10.7. The minimum Gasteiger partial charge on any atom is -0.377 e. The normalized spacial score (nSPS) is 10.7. The molecule has 1 N–H and O–H groups in total. The molecule has 0 atom stereocenters. The molecule has 0 saturated carbocycles. The Labute approximate surface area is 118 Å². The summed E-state index contributed by atoms with van der Waals surface area (Å²) in [6.45, 7) is 0.471. The van der Waals surface area contributed by atoms with Crippen molar-refractivity contribution in [2.75, 3.05) is 5.32 Å². The third kappa shape index (κ3) is 2.34. The van der Waals surface area contributed by atoms with Gasteiger partial charge in [-0.1, -0.05) is 30.3 Å². The van der Waals surface area contributed by atoms with E-state index in [4.69, 9.17) is 0 Å². The van der Waals surface area contributed by atoms with Gasteiger partial charge >= 0.3 is 11.2 Å². The van der Waals surface area contributed by atoms with Crippen molar-refractivity contribution in [1.82, 2.24) is 5.16 Å². The van der Waals surface area contributed by atoms with Crippen molar-refractivity contribution < 1.29 is 14.5 Å². The van der Waals surface area contributed by atoms with Gasteiger partial charge in [0.1, 0.15) is 0 Å². The molecule has 8 nitrogen and oxygen atoms in total. The fourth-order valence-corrected chi connectivity index (χ4v) is 2.05. The summed E-state index contributed by atoms with van der Waals surface area (Å²) in [4.78, 5) is 10.5. The molecule has 2 aromatic carbocycles. The predicted octanol–water partition coefficient (Wildman–Crippen LogP) is 1.98. The summed E-state index contributed by atoms with van der Waals surface area (Å²) in [7, 11) is 0. The van der Waals surface area contributed by atoms with Gasteiger partial charge in [0.2, 0.25) is 0 Å². The Bertz CT molecular complexity index is 801. The second-order valence-electron chi connectivity index (χ2n) is 4.36. The van der Waals surface area contributed by atoms with Crippen molar-refractivity contribution in [2.24, 2.45) is 0 Å². The molecule has 0 bridgehead atoms. The number of nitrogens with one attached hydrogen (secondary N) is 1. The molecule has 0 aliphatic rings. The molecule has 1 heterocycles. The third-order valence-electron chi connectivity index (χ3n) is 3.04. The molecule has 106 valence electrons. The van der Waals surface area contributed by atoms with E-state index in [1.807, 2.05) is 30.3 Å². The standard InChI is InChI=1S/C13H10N4O4/c18-16(19)11-7-6-10(13-12(11)15-21-17(13)20)14-8-9-4-2-1-3-5-9/h1-7,14H,8H2. The van der Waals surface area contributed by atoms with Crippen LogP contribution in [-0.2, 0) is 6.54 Å². The fourth-order valence-electron chi connectivity index (χ4n) is 2.05. The quantitative estimate of drug-likeness (QED) is 0.446. The van der Waals surface area contributed by atoms with Crippen LogP contribution in [0.15, 0.2) is 47.1 Å². The molecule has 0 unspecified atom stereocenters. The first-order valence-corrected chi connectivity index (χ1v) is 6.11. The number of aromatic nitrogens is 2. The van der Waals surface area contributed by atoms with Crippen LogP contribution in [0.4, 0.5) is 11.4 Å². The second kappa shape index (κ2) is 5.08. The second-order valence-corrected chi connectivity index (χ2v) is 4.36. The van der Waals surface area contributed by atoms with Crippen LogP contribution in [0.1, 0.15) is 5.56 Å². The summed E-state index contributed by atoms with van der Waals surface area (Å²) in [5.41, 5.74) is 1.11. The van der Waals surface area contributed by atoms with Crippen molar-refractivity contribution in [3.63, 3.8) is 0 Å². The van der Waals surface area contributed by atoms with Gasteiger partial charge in [-0.05, 0) is 16.5 Å². The number of fused-ring (bicyclic) bond motifs is 1. The summed E-state index contributed by atoms with van der Waals surface area (Å²) in [5.74, 6) is 0. The van der Waals surface area contributed by atoms with Crippen LogP contribution in [0, 0.1) is 15.3 Å². The molecule has 0 aliphatic carbocycles. The van der Waals surface area contributed by atoms with E-state index in [-0.39, 0.29) is 21.6 Å². The summed E-state index contributed by atoms with van der Waals surface area (Å²) >= 11 is 0. The van der Waals surface area contributed by atoms with E-state index in [0.29, 0.717) is 12.2 Å². The number of non-ortho nitro benzene ring substituents is 1. The highest BCUT2D eigenvalue weighted by atomic mass is 16.8. The van der Waals surface area contributed by atoms with Crippen LogP contribution >= 0.6 is 0 Å². The van der Waals surface area contributed by atoms with E-state index in [0.717, 1.165) is 5.56 Å². The first-order valence-electron chi connectivity index (χ1n) is 6.11.